The molecule has 0 saturated carbocycles. The first kappa shape index (κ1) is 22.0. The fraction of sp³-hybridized carbons (Fsp3) is 0.850. The van der Waals surface area contributed by atoms with Crippen LogP contribution in [-0.2, 0) is 28.6 Å². The number of methoxy groups -OCH3 is 1. The van der Waals surface area contributed by atoms with Crippen molar-refractivity contribution in [3.05, 3.63) is 0 Å². The Labute approximate surface area is 160 Å². The molecule has 0 radical (unpaired) electrons. The minimum absolute atomic E-state index is 0.0699. The molecule has 0 aromatic rings. The number of esters is 1. The van der Waals surface area contributed by atoms with Crippen LogP contribution in [0, 0.1) is 29.6 Å². The molecule has 154 valence electrons. The van der Waals surface area contributed by atoms with E-state index in [0.717, 1.165) is 0 Å². The number of cyclic esters (lactones) is 1. The minimum Gasteiger partial charge on any atom is -0.462 e. The fourth-order valence-electron chi connectivity index (χ4n) is 4.23. The number of hydrogen-bond donors (Lipinski definition) is 1. The van der Waals surface area contributed by atoms with Gasteiger partial charge in [-0.3, -0.25) is 14.4 Å². The van der Waals surface area contributed by atoms with E-state index < -0.39 is 24.3 Å². The van der Waals surface area contributed by atoms with Crippen molar-refractivity contribution in [2.24, 2.45) is 29.6 Å². The van der Waals surface area contributed by atoms with Gasteiger partial charge in [0.25, 0.3) is 0 Å². The van der Waals surface area contributed by atoms with E-state index in [1.54, 1.807) is 21.0 Å². The van der Waals surface area contributed by atoms with E-state index >= 15 is 0 Å². The van der Waals surface area contributed by atoms with E-state index in [9.17, 15) is 19.5 Å². The lowest BCUT2D eigenvalue weighted by atomic mass is 9.79. The zero-order valence-electron chi connectivity index (χ0n) is 16.8. The third-order valence-corrected chi connectivity index (χ3v) is 6.08. The van der Waals surface area contributed by atoms with Gasteiger partial charge in [0, 0.05) is 37.2 Å². The predicted octanol–water partition coefficient (Wildman–Crippen LogP) is 1.74. The summed E-state index contributed by atoms with van der Waals surface area (Å²) in [6, 6.07) is 0. The molecule has 0 aliphatic carbocycles. The lowest BCUT2D eigenvalue weighted by Gasteiger charge is -2.28. The minimum atomic E-state index is -0.981. The van der Waals surface area contributed by atoms with Gasteiger partial charge in [-0.05, 0) is 19.8 Å². The Morgan fingerprint density at radius 1 is 0.963 bits per heavy atom. The Morgan fingerprint density at radius 3 is 2.15 bits per heavy atom. The number of carbonyl (C=O) groups excluding carboxylic acids is 3. The number of aliphatic hydroxyl groups excluding tert-OH is 1. The van der Waals surface area contributed by atoms with Crippen LogP contribution < -0.4 is 0 Å². The summed E-state index contributed by atoms with van der Waals surface area (Å²) in [7, 11) is 1.57. The molecule has 2 saturated heterocycles. The van der Waals surface area contributed by atoms with Crippen LogP contribution in [0.4, 0.5) is 0 Å². The van der Waals surface area contributed by atoms with Gasteiger partial charge in [0.15, 0.2) is 6.29 Å². The molecule has 2 rings (SSSR count). The molecule has 6 unspecified atom stereocenters. The Hall–Kier alpha value is -1.31. The molecular weight excluding hydrogens is 352 g/mol. The average molecular weight is 384 g/mol. The number of ketones is 2. The summed E-state index contributed by atoms with van der Waals surface area (Å²) in [6.45, 7) is 6.95. The van der Waals surface area contributed by atoms with E-state index in [4.69, 9.17) is 14.2 Å². The van der Waals surface area contributed by atoms with Crippen LogP contribution >= 0.6 is 0 Å². The van der Waals surface area contributed by atoms with Crippen molar-refractivity contribution in [1.29, 1.82) is 0 Å². The number of carbonyl (C=O) groups is 3. The van der Waals surface area contributed by atoms with Crippen molar-refractivity contribution in [2.45, 2.75) is 65.5 Å². The van der Waals surface area contributed by atoms with Gasteiger partial charge in [0.05, 0.1) is 12.2 Å². The van der Waals surface area contributed by atoms with Gasteiger partial charge < -0.3 is 19.3 Å². The molecule has 0 aromatic heterocycles. The molecule has 2 aliphatic rings. The summed E-state index contributed by atoms with van der Waals surface area (Å²) in [5, 5.41) is 9.88. The first-order chi connectivity index (χ1) is 12.6. The smallest absolute Gasteiger partial charge is 0.316 e. The second-order valence-corrected chi connectivity index (χ2v) is 8.11. The molecule has 1 N–H and O–H groups in total. The molecule has 7 heteroatoms. The van der Waals surface area contributed by atoms with Crippen molar-refractivity contribution < 1.29 is 33.7 Å². The number of ether oxygens (including phenoxy) is 3. The summed E-state index contributed by atoms with van der Waals surface area (Å²) in [4.78, 5) is 37.8. The molecule has 2 heterocycles. The number of rotatable bonds is 1. The highest BCUT2D eigenvalue weighted by atomic mass is 16.6. The molecule has 7 nitrogen and oxygen atoms in total. The predicted molar refractivity (Wildman–Crippen MR) is 96.6 cm³/mol. The quantitative estimate of drug-likeness (QED) is 0.543. The van der Waals surface area contributed by atoms with Gasteiger partial charge in [-0.1, -0.05) is 20.8 Å². The second kappa shape index (κ2) is 9.26. The van der Waals surface area contributed by atoms with E-state index in [-0.39, 0.29) is 47.9 Å². The molecule has 0 bridgehead atoms. The first-order valence-corrected chi connectivity index (χ1v) is 9.76. The number of aliphatic hydroxyl groups is 1. The molecular formula is C20H32O7. The monoisotopic (exact) mass is 384 g/mol. The third kappa shape index (κ3) is 5.15. The van der Waals surface area contributed by atoms with Crippen LogP contribution in [0.5, 0.6) is 0 Å². The van der Waals surface area contributed by atoms with E-state index in [0.29, 0.717) is 19.3 Å². The maximum Gasteiger partial charge on any atom is 0.316 e. The van der Waals surface area contributed by atoms with Crippen LogP contribution in [-0.4, -0.2) is 54.9 Å². The lowest BCUT2D eigenvalue weighted by molar-refractivity contribution is -0.161. The zero-order chi connectivity index (χ0) is 20.3. The highest BCUT2D eigenvalue weighted by molar-refractivity contribution is 5.99. The SMILES string of the molecule is COC1C[C@@H](C)C(=O)C(C)C(=O)OCC2OC(O)CC2C(C)C(=O)[C@H](C)C1. The molecule has 0 amide bonds. The van der Waals surface area contributed by atoms with Crippen molar-refractivity contribution in [3.8, 4) is 0 Å². The van der Waals surface area contributed by atoms with Crippen LogP contribution in [0.2, 0.25) is 0 Å². The maximum atomic E-state index is 12.9. The van der Waals surface area contributed by atoms with Gasteiger partial charge in [-0.2, -0.15) is 0 Å². The molecule has 2 fully saturated rings. The second-order valence-electron chi connectivity index (χ2n) is 8.11. The Bertz CT molecular complexity index is 561. The van der Waals surface area contributed by atoms with Crippen LogP contribution in [0.25, 0.3) is 0 Å². The van der Waals surface area contributed by atoms with Crippen LogP contribution in [0.15, 0.2) is 0 Å². The Kier molecular flexibility index (Phi) is 7.54. The van der Waals surface area contributed by atoms with Gasteiger partial charge in [-0.15, -0.1) is 0 Å². The van der Waals surface area contributed by atoms with Gasteiger partial charge in [-0.25, -0.2) is 0 Å². The normalized spacial score (nSPS) is 42.4. The summed E-state index contributed by atoms with van der Waals surface area (Å²) in [5.74, 6) is -2.80. The molecule has 8 atom stereocenters. The van der Waals surface area contributed by atoms with Crippen molar-refractivity contribution in [1.82, 2.24) is 0 Å². The van der Waals surface area contributed by atoms with Crippen molar-refractivity contribution in [2.75, 3.05) is 13.7 Å². The summed E-state index contributed by atoms with van der Waals surface area (Å²) in [6.07, 6.45) is -0.505. The summed E-state index contributed by atoms with van der Waals surface area (Å²) in [5.41, 5.74) is 0. The number of Topliss-reactive ketones (excluding diaryl/α,β-unsaturated/α-hetero) is 2. The van der Waals surface area contributed by atoms with E-state index in [1.165, 1.54) is 0 Å². The lowest BCUT2D eigenvalue weighted by Crippen LogP contribution is -2.38. The van der Waals surface area contributed by atoms with Crippen LogP contribution in [0.3, 0.4) is 0 Å². The first-order valence-electron chi connectivity index (χ1n) is 9.76. The van der Waals surface area contributed by atoms with Crippen molar-refractivity contribution >= 4 is 17.5 Å². The van der Waals surface area contributed by atoms with Gasteiger partial charge >= 0.3 is 5.97 Å². The van der Waals surface area contributed by atoms with Gasteiger partial charge in [0.2, 0.25) is 0 Å². The Balaban J connectivity index is 2.27. The van der Waals surface area contributed by atoms with Gasteiger partial charge in [0.1, 0.15) is 24.1 Å². The standard InChI is InChI=1S/C20H32O7/c1-10-6-14(25-5)7-11(2)19(23)13(4)20(24)26-9-16-15(8-17(21)27-16)12(3)18(10)22/h10-17,21H,6-9H2,1-5H3/t10-,11-,12?,13?,14?,15?,16?,17?/m1/s1. The average Bonchev–Trinajstić information content (AvgIpc) is 3.02. The summed E-state index contributed by atoms with van der Waals surface area (Å²) >= 11 is 0. The number of fused-ring (bicyclic) bond motifs is 1. The topological polar surface area (TPSA) is 99.1 Å². The zero-order valence-corrected chi connectivity index (χ0v) is 16.8. The molecule has 27 heavy (non-hydrogen) atoms. The van der Waals surface area contributed by atoms with Crippen molar-refractivity contribution in [3.63, 3.8) is 0 Å². The maximum absolute atomic E-state index is 12.9. The molecule has 0 aromatic carbocycles. The number of hydrogen-bond acceptors (Lipinski definition) is 7. The molecule has 0 spiro atoms. The van der Waals surface area contributed by atoms with E-state index in [2.05, 4.69) is 0 Å². The van der Waals surface area contributed by atoms with E-state index in [1.807, 2.05) is 13.8 Å². The Morgan fingerprint density at radius 2 is 1.56 bits per heavy atom. The fourth-order valence-corrected chi connectivity index (χ4v) is 4.23. The summed E-state index contributed by atoms with van der Waals surface area (Å²) < 4.78 is 16.3. The largest absolute Gasteiger partial charge is 0.462 e. The third-order valence-electron chi connectivity index (χ3n) is 6.08. The highest BCUT2D eigenvalue weighted by Gasteiger charge is 2.42. The van der Waals surface area contributed by atoms with Crippen LogP contribution in [0.1, 0.15) is 47.0 Å². The highest BCUT2D eigenvalue weighted by Crippen LogP contribution is 2.35. The molecule has 2 aliphatic heterocycles.